The van der Waals surface area contributed by atoms with E-state index in [0.717, 1.165) is 4.47 Å². The van der Waals surface area contributed by atoms with Crippen LogP contribution in [0.5, 0.6) is 0 Å². The molecule has 3 atom stereocenters. The van der Waals surface area contributed by atoms with Crippen LogP contribution in [0.4, 0.5) is 0 Å². The molecular formula is C16H21BrO2Si. The first-order valence-electron chi connectivity index (χ1n) is 6.86. The molecule has 108 valence electrons. The molecule has 4 heteroatoms. The Morgan fingerprint density at radius 2 is 1.85 bits per heavy atom. The molecule has 0 aliphatic heterocycles. The van der Waals surface area contributed by atoms with Gasteiger partial charge in [-0.3, -0.25) is 4.79 Å². The lowest BCUT2D eigenvalue weighted by Crippen LogP contribution is -2.15. The minimum Gasteiger partial charge on any atom is -0.469 e. The van der Waals surface area contributed by atoms with Gasteiger partial charge in [0.05, 0.1) is 21.1 Å². The lowest BCUT2D eigenvalue weighted by molar-refractivity contribution is -0.142. The molecule has 1 aliphatic carbocycles. The van der Waals surface area contributed by atoms with Crippen molar-refractivity contribution in [2.75, 3.05) is 7.11 Å². The molecule has 1 aromatic carbocycles. The molecule has 0 unspecified atom stereocenters. The Morgan fingerprint density at radius 3 is 2.35 bits per heavy atom. The predicted octanol–water partition coefficient (Wildman–Crippen LogP) is 4.39. The van der Waals surface area contributed by atoms with Crippen LogP contribution in [0.3, 0.4) is 0 Å². The maximum absolute atomic E-state index is 11.9. The van der Waals surface area contributed by atoms with Crippen molar-refractivity contribution in [2.45, 2.75) is 25.6 Å². The fraction of sp³-hybridized carbons (Fsp3) is 0.438. The van der Waals surface area contributed by atoms with Gasteiger partial charge in [-0.05, 0) is 23.6 Å². The van der Waals surface area contributed by atoms with Crippen LogP contribution in [0, 0.1) is 11.8 Å². The molecule has 2 nitrogen and oxygen atoms in total. The number of rotatable bonds is 4. The average Bonchev–Trinajstić information content (AvgIpc) is 3.10. The Bertz CT molecular complexity index is 516. The Hall–Kier alpha value is -0.873. The van der Waals surface area contributed by atoms with Crippen LogP contribution in [-0.2, 0) is 9.53 Å². The molecule has 1 fully saturated rings. The first-order valence-corrected chi connectivity index (χ1v) is 11.2. The summed E-state index contributed by atoms with van der Waals surface area (Å²) in [5.41, 5.74) is 3.54. The Kier molecular flexibility index (Phi) is 4.54. The van der Waals surface area contributed by atoms with Crippen LogP contribution in [0.15, 0.2) is 40.5 Å². The summed E-state index contributed by atoms with van der Waals surface area (Å²) in [4.78, 5) is 11.9. The van der Waals surface area contributed by atoms with Crippen molar-refractivity contribution in [3.63, 3.8) is 0 Å². The van der Waals surface area contributed by atoms with Gasteiger partial charge < -0.3 is 4.74 Å². The van der Waals surface area contributed by atoms with Gasteiger partial charge in [-0.15, -0.1) is 0 Å². The highest BCUT2D eigenvalue weighted by Crippen LogP contribution is 2.55. The SMILES string of the molecule is COC(=O)[C@H]1[C@@H](/C=C/[Si](C)(C)C)[C@@H]1c1ccc(Br)cc1. The van der Waals surface area contributed by atoms with Gasteiger partial charge in [0.1, 0.15) is 0 Å². The number of esters is 1. The van der Waals surface area contributed by atoms with Crippen molar-refractivity contribution in [2.24, 2.45) is 11.8 Å². The number of hydrogen-bond donors (Lipinski definition) is 0. The number of ether oxygens (including phenoxy) is 1. The maximum atomic E-state index is 11.9. The zero-order valence-corrected chi connectivity index (χ0v) is 15.0. The van der Waals surface area contributed by atoms with E-state index in [-0.39, 0.29) is 23.7 Å². The van der Waals surface area contributed by atoms with Gasteiger partial charge in [0.2, 0.25) is 0 Å². The molecule has 0 spiro atoms. The van der Waals surface area contributed by atoms with E-state index < -0.39 is 8.07 Å². The third-order valence-corrected chi connectivity index (χ3v) is 5.34. The van der Waals surface area contributed by atoms with E-state index in [0.29, 0.717) is 0 Å². The highest BCUT2D eigenvalue weighted by Gasteiger charge is 2.54. The van der Waals surface area contributed by atoms with Gasteiger partial charge in [0.25, 0.3) is 0 Å². The van der Waals surface area contributed by atoms with Crippen molar-refractivity contribution in [3.8, 4) is 0 Å². The third kappa shape index (κ3) is 3.61. The molecule has 0 bridgehead atoms. The van der Waals surface area contributed by atoms with E-state index in [1.165, 1.54) is 12.7 Å². The second kappa shape index (κ2) is 5.86. The van der Waals surface area contributed by atoms with E-state index in [9.17, 15) is 4.79 Å². The summed E-state index contributed by atoms with van der Waals surface area (Å²) in [6.45, 7) is 6.90. The second-order valence-electron chi connectivity index (χ2n) is 6.43. The number of hydrogen-bond acceptors (Lipinski definition) is 2. The molecule has 0 heterocycles. The first-order chi connectivity index (χ1) is 9.33. The molecule has 2 rings (SSSR count). The van der Waals surface area contributed by atoms with E-state index in [1.807, 2.05) is 12.1 Å². The minimum absolute atomic E-state index is 0.0197. The third-order valence-electron chi connectivity index (χ3n) is 3.62. The summed E-state index contributed by atoms with van der Waals surface area (Å²) in [5, 5.41) is 0. The van der Waals surface area contributed by atoms with E-state index in [4.69, 9.17) is 4.74 Å². The van der Waals surface area contributed by atoms with Crippen LogP contribution < -0.4 is 0 Å². The van der Waals surface area contributed by atoms with Gasteiger partial charge in [-0.2, -0.15) is 0 Å². The fourth-order valence-corrected chi connectivity index (χ4v) is 3.59. The molecule has 1 aliphatic rings. The van der Waals surface area contributed by atoms with Gasteiger partial charge in [-0.1, -0.05) is 59.5 Å². The largest absolute Gasteiger partial charge is 0.469 e. The summed E-state index contributed by atoms with van der Waals surface area (Å²) in [5.74, 6) is 0.440. The lowest BCUT2D eigenvalue weighted by Gasteiger charge is -2.07. The van der Waals surface area contributed by atoms with Crippen LogP contribution in [-0.4, -0.2) is 21.2 Å². The van der Waals surface area contributed by atoms with Crippen molar-refractivity contribution in [1.82, 2.24) is 0 Å². The highest BCUT2D eigenvalue weighted by molar-refractivity contribution is 9.10. The Labute approximate surface area is 130 Å². The average molecular weight is 353 g/mol. The van der Waals surface area contributed by atoms with E-state index in [1.54, 1.807) is 0 Å². The summed E-state index contributed by atoms with van der Waals surface area (Å²) in [6, 6.07) is 8.24. The number of methoxy groups -OCH3 is 1. The molecule has 0 N–H and O–H groups in total. The van der Waals surface area contributed by atoms with Gasteiger partial charge >= 0.3 is 5.97 Å². The predicted molar refractivity (Wildman–Crippen MR) is 88.4 cm³/mol. The Morgan fingerprint density at radius 1 is 1.25 bits per heavy atom. The standard InChI is InChI=1S/C16H21BrO2Si/c1-19-16(18)15-13(9-10-20(2,3)4)14(15)11-5-7-12(17)8-6-11/h5-10,13-15H,1-4H3/b10-9+/t13-,14-,15-/m0/s1. The van der Waals surface area contributed by atoms with Gasteiger partial charge in [0.15, 0.2) is 0 Å². The van der Waals surface area contributed by atoms with E-state index >= 15 is 0 Å². The zero-order valence-electron chi connectivity index (χ0n) is 12.4. The van der Waals surface area contributed by atoms with Gasteiger partial charge in [0, 0.05) is 10.4 Å². The number of carbonyl (C=O) groups excluding carboxylic acids is 1. The van der Waals surface area contributed by atoms with E-state index in [2.05, 4.69) is 59.5 Å². The summed E-state index contributed by atoms with van der Waals surface area (Å²) in [6.07, 6.45) is 2.24. The molecular weight excluding hydrogens is 332 g/mol. The summed E-state index contributed by atoms with van der Waals surface area (Å²) in [7, 11) is 0.237. The number of benzene rings is 1. The molecule has 0 radical (unpaired) electrons. The van der Waals surface area contributed by atoms with Crippen LogP contribution >= 0.6 is 15.9 Å². The smallest absolute Gasteiger partial charge is 0.309 e. The molecule has 0 saturated heterocycles. The monoisotopic (exact) mass is 352 g/mol. The molecule has 20 heavy (non-hydrogen) atoms. The van der Waals surface area contributed by atoms with Crippen LogP contribution in [0.25, 0.3) is 0 Å². The fourth-order valence-electron chi connectivity index (χ4n) is 2.53. The maximum Gasteiger partial charge on any atom is 0.309 e. The first kappa shape index (κ1) is 15.5. The van der Waals surface area contributed by atoms with Crippen molar-refractivity contribution in [1.29, 1.82) is 0 Å². The number of halogens is 1. The van der Waals surface area contributed by atoms with Crippen LogP contribution in [0.2, 0.25) is 19.6 Å². The second-order valence-corrected chi connectivity index (χ2v) is 12.4. The molecule has 1 saturated carbocycles. The van der Waals surface area contributed by atoms with Crippen LogP contribution in [0.1, 0.15) is 11.5 Å². The number of allylic oxidation sites excluding steroid dienone is 1. The van der Waals surface area contributed by atoms with Crippen molar-refractivity contribution in [3.05, 3.63) is 46.1 Å². The lowest BCUT2D eigenvalue weighted by atomic mass is 10.1. The molecule has 0 amide bonds. The topological polar surface area (TPSA) is 26.3 Å². The van der Waals surface area contributed by atoms with Crippen molar-refractivity contribution >= 4 is 30.0 Å². The molecule has 0 aromatic heterocycles. The normalized spacial score (nSPS) is 25.8. The highest BCUT2D eigenvalue weighted by atomic mass is 79.9. The number of carbonyl (C=O) groups is 1. The van der Waals surface area contributed by atoms with Gasteiger partial charge in [-0.25, -0.2) is 0 Å². The quantitative estimate of drug-likeness (QED) is 0.593. The van der Waals surface area contributed by atoms with Crippen molar-refractivity contribution < 1.29 is 9.53 Å². The zero-order chi connectivity index (χ0) is 14.9. The minimum atomic E-state index is -1.23. The molecule has 1 aromatic rings. The summed E-state index contributed by atoms with van der Waals surface area (Å²) < 4.78 is 6.00. The summed E-state index contributed by atoms with van der Waals surface area (Å²) >= 11 is 3.44. The Balaban J connectivity index is 2.20.